The summed E-state index contributed by atoms with van der Waals surface area (Å²) in [6.07, 6.45) is 3.24. The number of methoxy groups -OCH3 is 1. The predicted octanol–water partition coefficient (Wildman–Crippen LogP) is 1.93. The molecule has 0 amide bonds. The molecule has 2 heterocycles. The number of likely N-dealkylation sites (tertiary alicyclic amines) is 1. The Morgan fingerprint density at radius 3 is 2.89 bits per heavy atom. The third kappa shape index (κ3) is 2.32. The van der Waals surface area contributed by atoms with E-state index in [0.717, 1.165) is 50.3 Å². The fourth-order valence-electron chi connectivity index (χ4n) is 2.98. The van der Waals surface area contributed by atoms with Gasteiger partial charge in [0, 0.05) is 6.42 Å². The van der Waals surface area contributed by atoms with E-state index in [1.165, 1.54) is 12.7 Å². The first-order valence-electron chi connectivity index (χ1n) is 6.87. The first-order chi connectivity index (χ1) is 9.29. The van der Waals surface area contributed by atoms with Crippen molar-refractivity contribution in [1.82, 2.24) is 4.90 Å². The van der Waals surface area contributed by atoms with Crippen molar-refractivity contribution in [1.29, 1.82) is 0 Å². The number of carbonyl (C=O) groups excluding carboxylic acids is 1. The highest BCUT2D eigenvalue weighted by atomic mass is 16.5. The summed E-state index contributed by atoms with van der Waals surface area (Å²) in [5.41, 5.74) is 2.23. The lowest BCUT2D eigenvalue weighted by Gasteiger charge is -2.25. The van der Waals surface area contributed by atoms with Crippen LogP contribution in [0, 0.1) is 0 Å². The molecule has 19 heavy (non-hydrogen) atoms. The van der Waals surface area contributed by atoms with Gasteiger partial charge in [-0.1, -0.05) is 6.07 Å². The molecule has 1 atom stereocenters. The van der Waals surface area contributed by atoms with Gasteiger partial charge in [-0.3, -0.25) is 4.90 Å². The number of ether oxygens (including phenoxy) is 2. The number of benzene rings is 1. The molecule has 3 rings (SSSR count). The van der Waals surface area contributed by atoms with E-state index < -0.39 is 0 Å². The average molecular weight is 261 g/mol. The zero-order valence-electron chi connectivity index (χ0n) is 11.2. The number of rotatable bonds is 3. The van der Waals surface area contributed by atoms with Crippen LogP contribution in [0.1, 0.15) is 30.0 Å². The highest BCUT2D eigenvalue weighted by molar-refractivity contribution is 5.77. The maximum atomic E-state index is 12.1. The van der Waals surface area contributed by atoms with Crippen molar-refractivity contribution in [3.8, 4) is 5.75 Å². The van der Waals surface area contributed by atoms with E-state index in [2.05, 4.69) is 11.0 Å². The summed E-state index contributed by atoms with van der Waals surface area (Å²) in [7, 11) is 1.46. The van der Waals surface area contributed by atoms with Crippen molar-refractivity contribution in [2.75, 3.05) is 26.8 Å². The molecule has 0 aliphatic carbocycles. The second-order valence-electron chi connectivity index (χ2n) is 5.13. The number of fused-ring (bicyclic) bond motifs is 1. The number of nitrogens with zero attached hydrogens (tertiary/aromatic N) is 1. The third-order valence-electron chi connectivity index (χ3n) is 3.96. The van der Waals surface area contributed by atoms with E-state index >= 15 is 0 Å². The molecular formula is C15H19NO3. The Hall–Kier alpha value is -1.55. The quantitative estimate of drug-likeness (QED) is 0.779. The summed E-state index contributed by atoms with van der Waals surface area (Å²) >= 11 is 0. The Bertz CT molecular complexity index is 480. The second kappa shape index (κ2) is 5.21. The number of hydrogen-bond acceptors (Lipinski definition) is 4. The Kier molecular flexibility index (Phi) is 3.42. The second-order valence-corrected chi connectivity index (χ2v) is 5.13. The van der Waals surface area contributed by atoms with Gasteiger partial charge in [0.25, 0.3) is 0 Å². The normalized spacial score (nSPS) is 19.8. The first kappa shape index (κ1) is 12.5. The minimum atomic E-state index is -0.265. The standard InChI is InChI=1S/C15H19NO3/c1-18-15(17)14(16-7-2-3-8-16)12-4-5-13-11(10-12)6-9-19-13/h4-5,10,14H,2-3,6-9H2,1H3. The Balaban J connectivity index is 1.92. The van der Waals surface area contributed by atoms with E-state index in [1.54, 1.807) is 0 Å². The van der Waals surface area contributed by atoms with Crippen LogP contribution >= 0.6 is 0 Å². The van der Waals surface area contributed by atoms with Gasteiger partial charge < -0.3 is 9.47 Å². The first-order valence-corrected chi connectivity index (χ1v) is 6.87. The van der Waals surface area contributed by atoms with E-state index in [9.17, 15) is 4.79 Å². The fraction of sp³-hybridized carbons (Fsp3) is 0.533. The Morgan fingerprint density at radius 1 is 1.37 bits per heavy atom. The van der Waals surface area contributed by atoms with Gasteiger partial charge in [0.2, 0.25) is 0 Å². The smallest absolute Gasteiger partial charge is 0.327 e. The Labute approximate surface area is 113 Å². The van der Waals surface area contributed by atoms with Gasteiger partial charge >= 0.3 is 5.97 Å². The van der Waals surface area contributed by atoms with Gasteiger partial charge in [0.05, 0.1) is 13.7 Å². The summed E-state index contributed by atoms with van der Waals surface area (Å²) in [6, 6.07) is 5.80. The molecule has 4 heteroatoms. The maximum Gasteiger partial charge on any atom is 0.327 e. The molecule has 0 aromatic heterocycles. The number of esters is 1. The van der Waals surface area contributed by atoms with Gasteiger partial charge in [-0.15, -0.1) is 0 Å². The van der Waals surface area contributed by atoms with Crippen molar-refractivity contribution < 1.29 is 14.3 Å². The molecule has 1 saturated heterocycles. The molecule has 2 aliphatic heterocycles. The monoisotopic (exact) mass is 261 g/mol. The molecule has 0 N–H and O–H groups in total. The number of carbonyl (C=O) groups is 1. The fourth-order valence-corrected chi connectivity index (χ4v) is 2.98. The van der Waals surface area contributed by atoms with Crippen molar-refractivity contribution in [2.24, 2.45) is 0 Å². The molecule has 0 spiro atoms. The van der Waals surface area contributed by atoms with Crippen molar-refractivity contribution in [2.45, 2.75) is 25.3 Å². The van der Waals surface area contributed by atoms with Crippen LogP contribution in [-0.2, 0) is 16.0 Å². The highest BCUT2D eigenvalue weighted by Crippen LogP contribution is 2.32. The zero-order chi connectivity index (χ0) is 13.2. The molecular weight excluding hydrogens is 242 g/mol. The molecule has 0 saturated carbocycles. The molecule has 102 valence electrons. The zero-order valence-corrected chi connectivity index (χ0v) is 11.2. The van der Waals surface area contributed by atoms with Crippen LogP contribution < -0.4 is 4.74 Å². The van der Waals surface area contributed by atoms with Crippen LogP contribution in [0.3, 0.4) is 0 Å². The van der Waals surface area contributed by atoms with E-state index in [0.29, 0.717) is 0 Å². The van der Waals surface area contributed by atoms with Crippen LogP contribution in [0.15, 0.2) is 18.2 Å². The van der Waals surface area contributed by atoms with Crippen LogP contribution in [0.5, 0.6) is 5.75 Å². The predicted molar refractivity (Wildman–Crippen MR) is 71.2 cm³/mol. The minimum Gasteiger partial charge on any atom is -0.493 e. The lowest BCUT2D eigenvalue weighted by atomic mass is 10.0. The molecule has 1 aromatic carbocycles. The summed E-state index contributed by atoms with van der Waals surface area (Å²) in [5.74, 6) is 0.787. The van der Waals surface area contributed by atoms with E-state index in [-0.39, 0.29) is 12.0 Å². The van der Waals surface area contributed by atoms with Crippen LogP contribution in [0.25, 0.3) is 0 Å². The molecule has 1 unspecified atom stereocenters. The topological polar surface area (TPSA) is 38.8 Å². The average Bonchev–Trinajstić information content (AvgIpc) is 3.08. The van der Waals surface area contributed by atoms with Gasteiger partial charge in [-0.05, 0) is 49.2 Å². The molecule has 2 aliphatic rings. The van der Waals surface area contributed by atoms with Gasteiger partial charge in [0.15, 0.2) is 0 Å². The molecule has 0 bridgehead atoms. The van der Waals surface area contributed by atoms with Crippen LogP contribution in [0.2, 0.25) is 0 Å². The van der Waals surface area contributed by atoms with Crippen LogP contribution in [-0.4, -0.2) is 37.7 Å². The number of hydrogen-bond donors (Lipinski definition) is 0. The summed E-state index contributed by atoms with van der Waals surface area (Å²) in [5, 5.41) is 0. The van der Waals surface area contributed by atoms with E-state index in [4.69, 9.17) is 9.47 Å². The van der Waals surface area contributed by atoms with Gasteiger partial charge in [-0.25, -0.2) is 4.79 Å². The Morgan fingerprint density at radius 2 is 2.16 bits per heavy atom. The molecule has 4 nitrogen and oxygen atoms in total. The molecule has 1 fully saturated rings. The van der Waals surface area contributed by atoms with E-state index in [1.807, 2.05) is 12.1 Å². The lowest BCUT2D eigenvalue weighted by Crippen LogP contribution is -2.32. The summed E-state index contributed by atoms with van der Waals surface area (Å²) in [6.45, 7) is 2.67. The minimum absolute atomic E-state index is 0.166. The largest absolute Gasteiger partial charge is 0.493 e. The van der Waals surface area contributed by atoms with Gasteiger partial charge in [0.1, 0.15) is 11.8 Å². The SMILES string of the molecule is COC(=O)C(c1ccc2c(c1)CCO2)N1CCCC1. The van der Waals surface area contributed by atoms with Crippen molar-refractivity contribution >= 4 is 5.97 Å². The van der Waals surface area contributed by atoms with Gasteiger partial charge in [-0.2, -0.15) is 0 Å². The van der Waals surface area contributed by atoms with Crippen molar-refractivity contribution in [3.05, 3.63) is 29.3 Å². The maximum absolute atomic E-state index is 12.1. The molecule has 1 aromatic rings. The summed E-state index contributed by atoms with van der Waals surface area (Å²) in [4.78, 5) is 14.3. The third-order valence-corrected chi connectivity index (χ3v) is 3.96. The lowest BCUT2D eigenvalue weighted by molar-refractivity contribution is -0.146. The van der Waals surface area contributed by atoms with Crippen LogP contribution in [0.4, 0.5) is 0 Å². The summed E-state index contributed by atoms with van der Waals surface area (Å²) < 4.78 is 10.5. The molecule has 0 radical (unpaired) electrons. The highest BCUT2D eigenvalue weighted by Gasteiger charge is 2.31. The van der Waals surface area contributed by atoms with Crippen molar-refractivity contribution in [3.63, 3.8) is 0 Å².